The number of benzene rings is 4. The Balaban J connectivity index is 1.29. The van der Waals surface area contributed by atoms with E-state index in [1.54, 1.807) is 42.5 Å². The molecule has 0 heterocycles. The lowest BCUT2D eigenvalue weighted by atomic mass is 10.1. The zero-order valence-corrected chi connectivity index (χ0v) is 21.6. The number of carbonyl (C=O) groups is 2. The van der Waals surface area contributed by atoms with Gasteiger partial charge < -0.3 is 18.9 Å². The monoisotopic (exact) mass is 560 g/mol. The van der Waals surface area contributed by atoms with Crippen molar-refractivity contribution in [2.75, 3.05) is 19.8 Å². The van der Waals surface area contributed by atoms with Crippen molar-refractivity contribution >= 4 is 27.9 Å². The van der Waals surface area contributed by atoms with Gasteiger partial charge in [0.05, 0.1) is 12.2 Å². The number of ether oxygens (including phenoxy) is 4. The van der Waals surface area contributed by atoms with E-state index < -0.39 is 11.9 Å². The molecule has 0 aromatic heterocycles. The standard InChI is InChI=1S/C30H25BrO6/c31-24-13-16-28(35-18-17-22-7-3-1-4-8-22)27(21-24)30(33)37-26-14-11-23(12-15-26)29(32)36-20-19-34-25-9-5-2-6-10-25/h1-16,21H,17-20H2. The summed E-state index contributed by atoms with van der Waals surface area (Å²) >= 11 is 3.40. The highest BCUT2D eigenvalue weighted by atomic mass is 79.9. The average molecular weight is 561 g/mol. The van der Waals surface area contributed by atoms with Crippen LogP contribution in [0.3, 0.4) is 0 Å². The van der Waals surface area contributed by atoms with Gasteiger partial charge in [-0.15, -0.1) is 0 Å². The minimum absolute atomic E-state index is 0.112. The molecule has 0 unspecified atom stereocenters. The highest BCUT2D eigenvalue weighted by Gasteiger charge is 2.17. The van der Waals surface area contributed by atoms with Gasteiger partial charge in [0.2, 0.25) is 0 Å². The predicted molar refractivity (Wildman–Crippen MR) is 143 cm³/mol. The summed E-state index contributed by atoms with van der Waals surface area (Å²) in [6, 6.07) is 30.6. The molecule has 0 fully saturated rings. The number of hydrogen-bond acceptors (Lipinski definition) is 6. The Kier molecular flexibility index (Phi) is 9.32. The molecular weight excluding hydrogens is 536 g/mol. The van der Waals surface area contributed by atoms with Crippen molar-refractivity contribution < 1.29 is 28.5 Å². The molecule has 0 aliphatic heterocycles. The van der Waals surface area contributed by atoms with E-state index in [2.05, 4.69) is 15.9 Å². The number of hydrogen-bond donors (Lipinski definition) is 0. The van der Waals surface area contributed by atoms with Crippen LogP contribution in [0.2, 0.25) is 0 Å². The minimum atomic E-state index is -0.565. The number of esters is 2. The molecule has 0 amide bonds. The summed E-state index contributed by atoms with van der Waals surface area (Å²) in [6.45, 7) is 0.771. The Morgan fingerprint density at radius 3 is 2.08 bits per heavy atom. The summed E-state index contributed by atoms with van der Waals surface area (Å²) in [6.07, 6.45) is 0.710. The van der Waals surface area contributed by atoms with Gasteiger partial charge in [-0.25, -0.2) is 9.59 Å². The molecule has 4 rings (SSSR count). The molecule has 0 bridgehead atoms. The van der Waals surface area contributed by atoms with E-state index in [9.17, 15) is 9.59 Å². The molecule has 0 radical (unpaired) electrons. The largest absolute Gasteiger partial charge is 0.492 e. The molecule has 4 aromatic rings. The summed E-state index contributed by atoms with van der Waals surface area (Å²) in [5.74, 6) is 0.381. The molecule has 6 nitrogen and oxygen atoms in total. The smallest absolute Gasteiger partial charge is 0.347 e. The first-order valence-electron chi connectivity index (χ1n) is 11.7. The van der Waals surface area contributed by atoms with E-state index in [1.165, 1.54) is 0 Å². The van der Waals surface area contributed by atoms with E-state index in [4.69, 9.17) is 18.9 Å². The van der Waals surface area contributed by atoms with Crippen LogP contribution in [0.25, 0.3) is 0 Å². The highest BCUT2D eigenvalue weighted by Crippen LogP contribution is 2.25. The maximum Gasteiger partial charge on any atom is 0.347 e. The summed E-state index contributed by atoms with van der Waals surface area (Å²) < 4.78 is 22.9. The second-order valence-electron chi connectivity index (χ2n) is 7.94. The molecule has 0 spiro atoms. The van der Waals surface area contributed by atoms with Crippen molar-refractivity contribution in [2.24, 2.45) is 0 Å². The fourth-order valence-electron chi connectivity index (χ4n) is 3.43. The van der Waals surface area contributed by atoms with Gasteiger partial charge in [-0.3, -0.25) is 0 Å². The minimum Gasteiger partial charge on any atom is -0.492 e. The third kappa shape index (κ3) is 7.95. The van der Waals surface area contributed by atoms with Gasteiger partial charge in [0.1, 0.15) is 36.0 Å². The molecule has 7 heteroatoms. The Morgan fingerprint density at radius 2 is 1.35 bits per heavy atom. The van der Waals surface area contributed by atoms with Crippen LogP contribution in [-0.4, -0.2) is 31.8 Å². The van der Waals surface area contributed by atoms with Crippen molar-refractivity contribution in [1.82, 2.24) is 0 Å². The lowest BCUT2D eigenvalue weighted by Gasteiger charge is -2.12. The summed E-state index contributed by atoms with van der Waals surface area (Å²) in [5.41, 5.74) is 1.78. The van der Waals surface area contributed by atoms with Crippen LogP contribution in [0.5, 0.6) is 17.2 Å². The van der Waals surface area contributed by atoms with Gasteiger partial charge in [0.25, 0.3) is 0 Å². The molecule has 0 N–H and O–H groups in total. The van der Waals surface area contributed by atoms with E-state index in [0.717, 1.165) is 10.0 Å². The van der Waals surface area contributed by atoms with Gasteiger partial charge >= 0.3 is 11.9 Å². The molecule has 4 aromatic carbocycles. The second kappa shape index (κ2) is 13.3. The van der Waals surface area contributed by atoms with Crippen molar-refractivity contribution in [3.8, 4) is 17.2 Å². The second-order valence-corrected chi connectivity index (χ2v) is 8.85. The third-order valence-corrected chi connectivity index (χ3v) is 5.77. The zero-order chi connectivity index (χ0) is 25.9. The number of para-hydroxylation sites is 1. The molecule has 188 valence electrons. The summed E-state index contributed by atoms with van der Waals surface area (Å²) in [4.78, 5) is 25.2. The van der Waals surface area contributed by atoms with Gasteiger partial charge in [0, 0.05) is 10.9 Å². The quantitative estimate of drug-likeness (QED) is 0.118. The Hall–Kier alpha value is -4.10. The van der Waals surface area contributed by atoms with E-state index in [1.807, 2.05) is 60.7 Å². The van der Waals surface area contributed by atoms with Crippen molar-refractivity contribution in [1.29, 1.82) is 0 Å². The summed E-state index contributed by atoms with van der Waals surface area (Å²) in [7, 11) is 0. The molecule has 37 heavy (non-hydrogen) atoms. The van der Waals surface area contributed by atoms with Crippen molar-refractivity contribution in [3.05, 3.63) is 124 Å². The van der Waals surface area contributed by atoms with Gasteiger partial charge in [0.15, 0.2) is 0 Å². The van der Waals surface area contributed by atoms with Crippen molar-refractivity contribution in [2.45, 2.75) is 6.42 Å². The molecule has 0 aliphatic carbocycles. The first-order chi connectivity index (χ1) is 18.1. The van der Waals surface area contributed by atoms with Gasteiger partial charge in [-0.2, -0.15) is 0 Å². The van der Waals surface area contributed by atoms with E-state index in [-0.39, 0.29) is 13.2 Å². The fourth-order valence-corrected chi connectivity index (χ4v) is 3.79. The number of carbonyl (C=O) groups excluding carboxylic acids is 2. The van der Waals surface area contributed by atoms with Crippen LogP contribution in [0.15, 0.2) is 108 Å². The maximum atomic E-state index is 12.9. The summed E-state index contributed by atoms with van der Waals surface area (Å²) in [5, 5.41) is 0. The fraction of sp³-hybridized carbons (Fsp3) is 0.133. The van der Waals surface area contributed by atoms with Crippen LogP contribution < -0.4 is 14.2 Å². The van der Waals surface area contributed by atoms with Gasteiger partial charge in [-0.1, -0.05) is 64.5 Å². The van der Waals surface area contributed by atoms with Gasteiger partial charge in [-0.05, 0) is 60.2 Å². The molecule has 0 atom stereocenters. The van der Waals surface area contributed by atoms with E-state index >= 15 is 0 Å². The van der Waals surface area contributed by atoms with Crippen LogP contribution in [0.4, 0.5) is 0 Å². The van der Waals surface area contributed by atoms with Crippen LogP contribution in [-0.2, 0) is 11.2 Å². The van der Waals surface area contributed by atoms with Crippen LogP contribution in [0, 0.1) is 0 Å². The van der Waals surface area contributed by atoms with E-state index in [0.29, 0.717) is 41.4 Å². The normalized spacial score (nSPS) is 10.4. The Labute approximate surface area is 223 Å². The predicted octanol–water partition coefficient (Wildman–Crippen LogP) is 6.53. The maximum absolute atomic E-state index is 12.9. The zero-order valence-electron chi connectivity index (χ0n) is 20.0. The SMILES string of the molecule is O=C(OCCOc1ccccc1)c1ccc(OC(=O)c2cc(Br)ccc2OCCc2ccccc2)cc1. The Bertz CT molecular complexity index is 1310. The Morgan fingerprint density at radius 1 is 0.649 bits per heavy atom. The third-order valence-electron chi connectivity index (χ3n) is 5.28. The number of rotatable bonds is 11. The van der Waals surface area contributed by atoms with Crippen molar-refractivity contribution in [3.63, 3.8) is 0 Å². The molecule has 0 saturated heterocycles. The molecule has 0 saturated carbocycles. The highest BCUT2D eigenvalue weighted by molar-refractivity contribution is 9.10. The lowest BCUT2D eigenvalue weighted by molar-refractivity contribution is 0.0450. The molecular formula is C30H25BrO6. The number of halogens is 1. The first-order valence-corrected chi connectivity index (χ1v) is 12.5. The lowest BCUT2D eigenvalue weighted by Crippen LogP contribution is -2.13. The first kappa shape index (κ1) is 26.0. The van der Waals surface area contributed by atoms with Crippen LogP contribution >= 0.6 is 15.9 Å². The average Bonchev–Trinajstić information content (AvgIpc) is 2.93. The molecule has 0 aliphatic rings. The topological polar surface area (TPSA) is 71.1 Å². The van der Waals surface area contributed by atoms with Crippen LogP contribution in [0.1, 0.15) is 26.3 Å².